The average molecular weight is 280 g/mol. The van der Waals surface area contributed by atoms with E-state index in [1.807, 2.05) is 6.92 Å². The van der Waals surface area contributed by atoms with Crippen LogP contribution in [0.15, 0.2) is 6.07 Å². The van der Waals surface area contributed by atoms with E-state index in [0.717, 1.165) is 12.8 Å². The Balaban J connectivity index is 2.05. The van der Waals surface area contributed by atoms with Crippen LogP contribution < -0.4 is 16.0 Å². The van der Waals surface area contributed by atoms with Gasteiger partial charge in [-0.05, 0) is 32.1 Å². The molecule has 1 aliphatic carbocycles. The van der Waals surface area contributed by atoms with Crippen LogP contribution in [0.3, 0.4) is 0 Å². The largest absolute Gasteiger partial charge is 0.474 e. The van der Waals surface area contributed by atoms with E-state index in [4.69, 9.17) is 15.3 Å². The van der Waals surface area contributed by atoms with Crippen LogP contribution >= 0.6 is 0 Å². The zero-order valence-corrected chi connectivity index (χ0v) is 12.3. The van der Waals surface area contributed by atoms with Gasteiger partial charge in [0, 0.05) is 12.7 Å². The molecule has 3 N–H and O–H groups in total. The number of nitrogens with two attached hydrogens (primary N) is 1. The van der Waals surface area contributed by atoms with E-state index < -0.39 is 0 Å². The van der Waals surface area contributed by atoms with Crippen molar-refractivity contribution >= 4 is 5.82 Å². The lowest BCUT2D eigenvalue weighted by Gasteiger charge is -2.27. The molecule has 0 spiro atoms. The second kappa shape index (κ2) is 7.40. The van der Waals surface area contributed by atoms with Gasteiger partial charge in [-0.15, -0.1) is 0 Å². The number of aromatic nitrogens is 2. The van der Waals surface area contributed by atoms with Crippen molar-refractivity contribution in [2.24, 2.45) is 11.8 Å². The van der Waals surface area contributed by atoms with Crippen molar-refractivity contribution in [1.82, 2.24) is 9.97 Å². The molecule has 1 aliphatic rings. The minimum Gasteiger partial charge on any atom is -0.474 e. The molecule has 0 amide bonds. The first kappa shape index (κ1) is 15.0. The molecule has 1 heterocycles. The van der Waals surface area contributed by atoms with Gasteiger partial charge < -0.3 is 14.9 Å². The van der Waals surface area contributed by atoms with Gasteiger partial charge in [0.05, 0.1) is 0 Å². The normalized spacial score (nSPS) is 22.6. The summed E-state index contributed by atoms with van der Waals surface area (Å²) in [6.07, 6.45) is 4.90. The smallest absolute Gasteiger partial charge is 0.219 e. The molecule has 0 aliphatic heterocycles. The highest BCUT2D eigenvalue weighted by Crippen LogP contribution is 2.27. The fourth-order valence-corrected chi connectivity index (χ4v) is 2.52. The summed E-state index contributed by atoms with van der Waals surface area (Å²) >= 11 is 0. The lowest BCUT2D eigenvalue weighted by molar-refractivity contribution is 0.115. The van der Waals surface area contributed by atoms with Crippen LogP contribution in [0.1, 0.15) is 45.4 Å². The predicted octanol–water partition coefficient (Wildman–Crippen LogP) is 2.26. The van der Waals surface area contributed by atoms with E-state index in [-0.39, 0.29) is 6.10 Å². The van der Waals surface area contributed by atoms with Crippen LogP contribution in [0, 0.1) is 5.92 Å². The third-order valence-corrected chi connectivity index (χ3v) is 3.51. The van der Waals surface area contributed by atoms with Gasteiger partial charge in [-0.1, -0.05) is 13.3 Å². The lowest BCUT2D eigenvalue weighted by Crippen LogP contribution is -2.25. The van der Waals surface area contributed by atoms with Crippen LogP contribution in [0.25, 0.3) is 0 Å². The third-order valence-electron chi connectivity index (χ3n) is 3.51. The number of nitrogens with one attached hydrogen (secondary N) is 1. The van der Waals surface area contributed by atoms with E-state index in [1.165, 1.54) is 12.8 Å². The fraction of sp³-hybridized carbons (Fsp3) is 0.714. The molecule has 2 unspecified atom stereocenters. The number of hydrazine groups is 1. The van der Waals surface area contributed by atoms with Crippen LogP contribution in [-0.4, -0.2) is 22.7 Å². The minimum atomic E-state index is 0.235. The summed E-state index contributed by atoms with van der Waals surface area (Å²) in [7, 11) is 0. The Hall–Kier alpha value is -1.40. The summed E-state index contributed by atoms with van der Waals surface area (Å²) in [4.78, 5) is 8.63. The molecule has 0 aromatic carbocycles. The van der Waals surface area contributed by atoms with Gasteiger partial charge in [0.1, 0.15) is 18.5 Å². The van der Waals surface area contributed by atoms with E-state index >= 15 is 0 Å². The number of nitrogens with zero attached hydrogens (tertiary/aromatic N) is 2. The van der Waals surface area contributed by atoms with Crippen molar-refractivity contribution < 1.29 is 9.47 Å². The molecule has 1 aromatic heterocycles. The Morgan fingerprint density at radius 2 is 2.25 bits per heavy atom. The van der Waals surface area contributed by atoms with Gasteiger partial charge in [0.2, 0.25) is 5.88 Å². The van der Waals surface area contributed by atoms with E-state index in [0.29, 0.717) is 36.7 Å². The summed E-state index contributed by atoms with van der Waals surface area (Å²) in [5.74, 6) is 7.85. The number of hydrogen-bond donors (Lipinski definition) is 2. The first-order chi connectivity index (χ1) is 9.71. The summed E-state index contributed by atoms with van der Waals surface area (Å²) in [5, 5.41) is 0. The molecule has 112 valence electrons. The van der Waals surface area contributed by atoms with Crippen LogP contribution in [0.2, 0.25) is 0 Å². The van der Waals surface area contributed by atoms with E-state index in [2.05, 4.69) is 22.3 Å². The van der Waals surface area contributed by atoms with Crippen LogP contribution in [0.5, 0.6) is 5.88 Å². The van der Waals surface area contributed by atoms with Gasteiger partial charge in [0.15, 0.2) is 5.82 Å². The molecule has 6 heteroatoms. The monoisotopic (exact) mass is 280 g/mol. The number of nitrogen functional groups attached to an aromatic ring is 1. The molecule has 1 fully saturated rings. The Kier molecular flexibility index (Phi) is 5.55. The highest BCUT2D eigenvalue weighted by Gasteiger charge is 2.21. The molecule has 1 aromatic rings. The molecule has 0 saturated heterocycles. The van der Waals surface area contributed by atoms with Crippen molar-refractivity contribution in [1.29, 1.82) is 0 Å². The number of rotatable bonds is 6. The van der Waals surface area contributed by atoms with Gasteiger partial charge in [-0.25, -0.2) is 10.8 Å². The van der Waals surface area contributed by atoms with Gasteiger partial charge in [-0.2, -0.15) is 4.98 Å². The zero-order valence-electron chi connectivity index (χ0n) is 12.3. The lowest BCUT2D eigenvalue weighted by atomic mass is 9.89. The molecule has 2 atom stereocenters. The van der Waals surface area contributed by atoms with Crippen molar-refractivity contribution in [2.45, 2.75) is 52.2 Å². The third kappa shape index (κ3) is 4.31. The number of ether oxygens (including phenoxy) is 2. The SMILES string of the molecule is CCOCc1nc(NN)cc(OC2CCCC(C)C2)n1. The minimum absolute atomic E-state index is 0.235. The van der Waals surface area contributed by atoms with E-state index in [1.54, 1.807) is 6.07 Å². The Morgan fingerprint density at radius 3 is 2.95 bits per heavy atom. The maximum absolute atomic E-state index is 5.99. The summed E-state index contributed by atoms with van der Waals surface area (Å²) in [5.41, 5.74) is 2.54. The molecular formula is C14H24N4O2. The predicted molar refractivity (Wildman–Crippen MR) is 77.2 cm³/mol. The highest BCUT2D eigenvalue weighted by atomic mass is 16.5. The van der Waals surface area contributed by atoms with Gasteiger partial charge in [-0.3, -0.25) is 0 Å². The van der Waals surface area contributed by atoms with Crippen molar-refractivity contribution in [2.75, 3.05) is 12.0 Å². The molecule has 20 heavy (non-hydrogen) atoms. The summed E-state index contributed by atoms with van der Waals surface area (Å²) in [6.45, 7) is 5.19. The second-order valence-corrected chi connectivity index (χ2v) is 5.30. The van der Waals surface area contributed by atoms with E-state index in [9.17, 15) is 0 Å². The van der Waals surface area contributed by atoms with Crippen molar-refractivity contribution in [3.63, 3.8) is 0 Å². The van der Waals surface area contributed by atoms with Crippen LogP contribution in [0.4, 0.5) is 5.82 Å². The average Bonchev–Trinajstić information content (AvgIpc) is 2.45. The maximum atomic E-state index is 5.99. The maximum Gasteiger partial charge on any atom is 0.219 e. The number of hydrogen-bond acceptors (Lipinski definition) is 6. The molecule has 0 bridgehead atoms. The standard InChI is InChI=1S/C14H24N4O2/c1-3-19-9-13-16-12(18-15)8-14(17-13)20-11-6-4-5-10(2)7-11/h8,10-11H,3-7,9,15H2,1-2H3,(H,16,17,18). The van der Waals surface area contributed by atoms with Crippen molar-refractivity contribution in [3.8, 4) is 5.88 Å². The van der Waals surface area contributed by atoms with Gasteiger partial charge >= 0.3 is 0 Å². The molecule has 2 rings (SSSR count). The summed E-state index contributed by atoms with van der Waals surface area (Å²) in [6, 6.07) is 1.73. The first-order valence-electron chi connectivity index (χ1n) is 7.30. The topological polar surface area (TPSA) is 82.3 Å². The molecule has 1 saturated carbocycles. The molecule has 6 nitrogen and oxygen atoms in total. The van der Waals surface area contributed by atoms with Crippen LogP contribution in [-0.2, 0) is 11.3 Å². The zero-order chi connectivity index (χ0) is 14.4. The Morgan fingerprint density at radius 1 is 1.40 bits per heavy atom. The number of anilines is 1. The molecular weight excluding hydrogens is 256 g/mol. The fourth-order valence-electron chi connectivity index (χ4n) is 2.52. The Bertz CT molecular complexity index is 428. The van der Waals surface area contributed by atoms with Gasteiger partial charge in [0.25, 0.3) is 0 Å². The molecule has 0 radical (unpaired) electrons. The highest BCUT2D eigenvalue weighted by molar-refractivity contribution is 5.37. The quantitative estimate of drug-likeness (QED) is 0.614. The Labute approximate surface area is 120 Å². The first-order valence-corrected chi connectivity index (χ1v) is 7.30. The summed E-state index contributed by atoms with van der Waals surface area (Å²) < 4.78 is 11.3. The van der Waals surface area contributed by atoms with Crippen molar-refractivity contribution in [3.05, 3.63) is 11.9 Å². The second-order valence-electron chi connectivity index (χ2n) is 5.30.